The summed E-state index contributed by atoms with van der Waals surface area (Å²) >= 11 is 2.04. The minimum atomic E-state index is 0.132. The number of ether oxygens (including phenoxy) is 2. The molecule has 0 spiro atoms. The molecule has 5 aliphatic heterocycles. The van der Waals surface area contributed by atoms with E-state index >= 15 is 0 Å². The molecular weight excluding hydrogens is 714 g/mol. The fraction of sp³-hybridized carbons (Fsp3) is 0.280. The number of fused-ring (bicyclic) bond motifs is 12. The summed E-state index contributed by atoms with van der Waals surface area (Å²) in [5, 5.41) is 4.12. The largest absolute Gasteiger partial charge is 0.458 e. The standard InChI is InChI=1S/C50H42B2N2O2S/c1-3-13-30(14-4-1)54-38-18-7-6-17-35(38)51-36-27-29-28-37-49(33-24-23-32(43(29)33)48(36)56-41-21-12-19-39(54)46(41)51)55-40-20-11-16-34-44(40)52(37)45-31-15-5-8-22-42(31)57-50(45)47(34)53-25-9-2-10-26-53/h5-8,11-12,15-22,27-28,30,47H,1-4,9-10,13-14,23-26H2. The van der Waals surface area contributed by atoms with Gasteiger partial charge in [0, 0.05) is 38.1 Å². The monoisotopic (exact) mass is 756 g/mol. The van der Waals surface area contributed by atoms with Gasteiger partial charge in [-0.15, -0.1) is 11.3 Å². The summed E-state index contributed by atoms with van der Waals surface area (Å²) in [6, 6.07) is 38.1. The van der Waals surface area contributed by atoms with Crippen LogP contribution >= 0.6 is 11.3 Å². The number of benzene rings is 6. The van der Waals surface area contributed by atoms with Crippen molar-refractivity contribution >= 4 is 89.8 Å². The van der Waals surface area contributed by atoms with Gasteiger partial charge in [0.15, 0.2) is 0 Å². The molecular formula is C50H42B2N2O2S. The fourth-order valence-electron chi connectivity index (χ4n) is 12.7. The van der Waals surface area contributed by atoms with Gasteiger partial charge < -0.3 is 14.4 Å². The molecule has 0 radical (unpaired) electrons. The Balaban J connectivity index is 1.00. The van der Waals surface area contributed by atoms with Gasteiger partial charge in [-0.3, -0.25) is 4.90 Å². The number of aryl methyl sites for hydroxylation is 2. The smallest absolute Gasteiger partial charge is 0.256 e. The van der Waals surface area contributed by atoms with Gasteiger partial charge in [0.05, 0.1) is 6.04 Å². The van der Waals surface area contributed by atoms with Crippen LogP contribution in [0, 0.1) is 0 Å². The predicted molar refractivity (Wildman–Crippen MR) is 238 cm³/mol. The van der Waals surface area contributed by atoms with Crippen LogP contribution in [0.15, 0.2) is 97.1 Å². The second kappa shape index (κ2) is 11.8. The van der Waals surface area contributed by atoms with E-state index in [1.165, 1.54) is 133 Å². The molecule has 1 unspecified atom stereocenters. The van der Waals surface area contributed by atoms with Gasteiger partial charge in [-0.1, -0.05) is 92.4 Å². The highest BCUT2D eigenvalue weighted by Crippen LogP contribution is 2.48. The zero-order chi connectivity index (χ0) is 36.9. The molecule has 7 aromatic rings. The second-order valence-electron chi connectivity index (χ2n) is 17.8. The van der Waals surface area contributed by atoms with E-state index in [9.17, 15) is 0 Å². The number of likely N-dealkylation sites (tertiary alicyclic amines) is 1. The van der Waals surface area contributed by atoms with Gasteiger partial charge in [0.25, 0.3) is 13.4 Å². The normalized spacial score (nSPS) is 20.0. The third-order valence-corrected chi connectivity index (χ3v) is 16.2. The maximum atomic E-state index is 7.25. The molecule has 1 saturated carbocycles. The Kier molecular flexibility index (Phi) is 6.63. The van der Waals surface area contributed by atoms with Gasteiger partial charge >= 0.3 is 0 Å². The summed E-state index contributed by atoms with van der Waals surface area (Å²) < 4.78 is 15.8. The third kappa shape index (κ3) is 4.24. The van der Waals surface area contributed by atoms with Gasteiger partial charge in [-0.2, -0.15) is 0 Å². The highest BCUT2D eigenvalue weighted by atomic mass is 32.1. The van der Waals surface area contributed by atoms with Crippen molar-refractivity contribution in [1.29, 1.82) is 0 Å². The van der Waals surface area contributed by atoms with Crippen molar-refractivity contribution in [3.8, 4) is 23.0 Å². The van der Waals surface area contributed by atoms with Crippen LogP contribution in [-0.2, 0) is 12.8 Å². The Hall–Kier alpha value is -4.97. The Morgan fingerprint density at radius 2 is 1.28 bits per heavy atom. The Morgan fingerprint density at radius 3 is 2.11 bits per heavy atom. The SMILES string of the molecule is c1ccc2c(c1)B1c3cc4cc5c(c6c4c(c3Oc3cccc(c31)N2C1CCCCC1)CC6)Oc1cccc2c1B5c1c(sc3ccccc13)C2N1CCCCC1. The molecule has 1 atom stereocenters. The summed E-state index contributed by atoms with van der Waals surface area (Å²) in [7, 11) is 0. The van der Waals surface area contributed by atoms with Gasteiger partial charge in [0.1, 0.15) is 23.0 Å². The Bertz CT molecular complexity index is 2890. The predicted octanol–water partition coefficient (Wildman–Crippen LogP) is 8.07. The number of piperidine rings is 1. The van der Waals surface area contributed by atoms with Crippen LogP contribution in [0.2, 0.25) is 0 Å². The molecule has 1 aromatic heterocycles. The van der Waals surface area contributed by atoms with Crippen LogP contribution in [-0.4, -0.2) is 37.5 Å². The molecule has 14 rings (SSSR count). The van der Waals surface area contributed by atoms with Crippen LogP contribution in [0.3, 0.4) is 0 Å². The van der Waals surface area contributed by atoms with Crippen molar-refractivity contribution in [1.82, 2.24) is 4.90 Å². The van der Waals surface area contributed by atoms with Crippen molar-refractivity contribution in [3.63, 3.8) is 0 Å². The summed E-state index contributed by atoms with van der Waals surface area (Å²) in [5.41, 5.74) is 15.3. The minimum Gasteiger partial charge on any atom is -0.458 e. The van der Waals surface area contributed by atoms with Crippen molar-refractivity contribution in [3.05, 3.63) is 119 Å². The van der Waals surface area contributed by atoms with E-state index in [1.54, 1.807) is 4.88 Å². The minimum absolute atomic E-state index is 0.132. The van der Waals surface area contributed by atoms with Gasteiger partial charge in [0.2, 0.25) is 0 Å². The molecule has 276 valence electrons. The van der Waals surface area contributed by atoms with Crippen LogP contribution in [0.4, 0.5) is 11.4 Å². The second-order valence-corrected chi connectivity index (χ2v) is 18.8. The van der Waals surface area contributed by atoms with Gasteiger partial charge in [-0.05, 0) is 136 Å². The number of hydrogen-bond donors (Lipinski definition) is 0. The number of para-hydroxylation sites is 1. The molecule has 6 heterocycles. The van der Waals surface area contributed by atoms with Gasteiger partial charge in [-0.25, -0.2) is 0 Å². The third-order valence-electron chi connectivity index (χ3n) is 14.9. The summed E-state index contributed by atoms with van der Waals surface area (Å²) in [5.74, 6) is 4.26. The number of thiophene rings is 1. The van der Waals surface area contributed by atoms with Crippen LogP contribution in [0.5, 0.6) is 23.0 Å². The molecule has 0 N–H and O–H groups in total. The average Bonchev–Trinajstić information content (AvgIpc) is 3.89. The van der Waals surface area contributed by atoms with Crippen LogP contribution in [0.25, 0.3) is 20.9 Å². The highest BCUT2D eigenvalue weighted by molar-refractivity contribution is 7.22. The number of anilines is 2. The molecule has 6 aromatic carbocycles. The van der Waals surface area contributed by atoms with E-state index in [-0.39, 0.29) is 19.5 Å². The summed E-state index contributed by atoms with van der Waals surface area (Å²) in [6.45, 7) is 2.58. The topological polar surface area (TPSA) is 24.9 Å². The zero-order valence-electron chi connectivity index (χ0n) is 32.2. The van der Waals surface area contributed by atoms with E-state index in [0.29, 0.717) is 6.04 Å². The fourth-order valence-corrected chi connectivity index (χ4v) is 14.1. The first kappa shape index (κ1) is 32.0. The van der Waals surface area contributed by atoms with E-state index in [2.05, 4.69) is 107 Å². The quantitative estimate of drug-likeness (QED) is 0.167. The summed E-state index contributed by atoms with van der Waals surface area (Å²) in [4.78, 5) is 7.02. The van der Waals surface area contributed by atoms with Crippen molar-refractivity contribution in [2.24, 2.45) is 0 Å². The van der Waals surface area contributed by atoms with Crippen LogP contribution in [0.1, 0.15) is 79.0 Å². The first-order valence-corrected chi connectivity index (χ1v) is 22.5. The lowest BCUT2D eigenvalue weighted by atomic mass is 9.32. The Morgan fingerprint density at radius 1 is 0.596 bits per heavy atom. The molecule has 7 heteroatoms. The maximum Gasteiger partial charge on any atom is 0.256 e. The van der Waals surface area contributed by atoms with Crippen molar-refractivity contribution in [2.75, 3.05) is 18.0 Å². The Labute approximate surface area is 338 Å². The molecule has 1 saturated heterocycles. The van der Waals surface area contributed by atoms with Crippen LogP contribution < -0.4 is 47.2 Å². The zero-order valence-corrected chi connectivity index (χ0v) is 33.0. The number of hydrogen-bond acceptors (Lipinski definition) is 5. The average molecular weight is 757 g/mol. The van der Waals surface area contributed by atoms with E-state index in [0.717, 1.165) is 48.9 Å². The first-order valence-electron chi connectivity index (χ1n) is 21.7. The first-order chi connectivity index (χ1) is 28.3. The van der Waals surface area contributed by atoms with E-state index < -0.39 is 0 Å². The molecule has 57 heavy (non-hydrogen) atoms. The molecule has 2 fully saturated rings. The highest BCUT2D eigenvalue weighted by Gasteiger charge is 2.48. The van der Waals surface area contributed by atoms with E-state index in [4.69, 9.17) is 9.47 Å². The maximum absolute atomic E-state index is 7.25. The number of nitrogens with zero attached hydrogens (tertiary/aromatic N) is 2. The van der Waals surface area contributed by atoms with Crippen molar-refractivity contribution in [2.45, 2.75) is 76.3 Å². The lowest BCUT2D eigenvalue weighted by Crippen LogP contribution is -2.61. The number of rotatable bonds is 2. The molecule has 4 nitrogen and oxygen atoms in total. The van der Waals surface area contributed by atoms with E-state index in [1.807, 2.05) is 11.3 Å². The molecule has 7 aliphatic rings. The van der Waals surface area contributed by atoms with Crippen molar-refractivity contribution < 1.29 is 9.47 Å². The molecule has 2 aliphatic carbocycles. The molecule has 0 amide bonds. The molecule has 0 bridgehead atoms. The lowest BCUT2D eigenvalue weighted by molar-refractivity contribution is 0.190. The summed E-state index contributed by atoms with van der Waals surface area (Å²) in [6.07, 6.45) is 12.3. The lowest BCUT2D eigenvalue weighted by Gasteiger charge is -2.44.